The summed E-state index contributed by atoms with van der Waals surface area (Å²) < 4.78 is 0. The van der Waals surface area contributed by atoms with Gasteiger partial charge in [-0.25, -0.2) is 4.79 Å². The first-order valence-corrected chi connectivity index (χ1v) is 10.0. The Labute approximate surface area is 167 Å². The normalized spacial score (nSPS) is 11.7. The summed E-state index contributed by atoms with van der Waals surface area (Å²) in [5.41, 5.74) is 3.04. The van der Waals surface area contributed by atoms with E-state index >= 15 is 0 Å². The molecule has 148 valence electrons. The van der Waals surface area contributed by atoms with Crippen LogP contribution in [-0.4, -0.2) is 40.0 Å². The number of benzene rings is 2. The van der Waals surface area contributed by atoms with Crippen molar-refractivity contribution in [3.8, 4) is 11.1 Å². The summed E-state index contributed by atoms with van der Waals surface area (Å²) in [5.74, 6) is -1.10. The third-order valence-corrected chi connectivity index (χ3v) is 4.85. The summed E-state index contributed by atoms with van der Waals surface area (Å²) in [7, 11) is 0. The zero-order valence-electron chi connectivity index (χ0n) is 15.9. The van der Waals surface area contributed by atoms with Crippen LogP contribution in [0.2, 0.25) is 0 Å². The molecule has 2 N–H and O–H groups in total. The molecule has 0 radical (unpaired) electrons. The molecule has 1 amide bonds. The first kappa shape index (κ1) is 21.4. The fourth-order valence-electron chi connectivity index (χ4n) is 2.94. The Morgan fingerprint density at radius 1 is 1.18 bits per heavy atom. The van der Waals surface area contributed by atoms with Gasteiger partial charge in [0.2, 0.25) is 0 Å². The second-order valence-electron chi connectivity index (χ2n) is 6.51. The summed E-state index contributed by atoms with van der Waals surface area (Å²) in [5, 5.41) is 23.1. The summed E-state index contributed by atoms with van der Waals surface area (Å²) >= 11 is 1.49. The lowest BCUT2D eigenvalue weighted by Gasteiger charge is -2.16. The van der Waals surface area contributed by atoms with Gasteiger partial charge in [-0.2, -0.15) is 11.8 Å². The number of aryl methyl sites for hydroxylation is 2. The highest BCUT2D eigenvalue weighted by Crippen LogP contribution is 2.30. The lowest BCUT2D eigenvalue weighted by Crippen LogP contribution is -2.41. The maximum atomic E-state index is 12.8. The van der Waals surface area contributed by atoms with Crippen molar-refractivity contribution in [1.29, 1.82) is 0 Å². The number of non-ortho nitro benzene ring substituents is 1. The SMILES string of the molecule is CSCC[C@H](NC(=O)c1ccc([N+](=O)[O-])cc1-c1cc(C)cc(C)c1)C(=O)O. The topological polar surface area (TPSA) is 110 Å². The van der Waals surface area contributed by atoms with Crippen molar-refractivity contribution in [2.24, 2.45) is 0 Å². The Kier molecular flexibility index (Phi) is 7.17. The van der Waals surface area contributed by atoms with E-state index in [1.807, 2.05) is 38.3 Å². The summed E-state index contributed by atoms with van der Waals surface area (Å²) in [6.07, 6.45) is 2.14. The van der Waals surface area contributed by atoms with E-state index in [9.17, 15) is 24.8 Å². The minimum absolute atomic E-state index is 0.136. The Morgan fingerprint density at radius 2 is 1.82 bits per heavy atom. The molecule has 2 rings (SSSR count). The minimum Gasteiger partial charge on any atom is -0.480 e. The van der Waals surface area contributed by atoms with Crippen molar-refractivity contribution in [2.45, 2.75) is 26.3 Å². The van der Waals surface area contributed by atoms with Gasteiger partial charge >= 0.3 is 5.97 Å². The molecule has 0 aromatic heterocycles. The van der Waals surface area contributed by atoms with Gasteiger partial charge in [0.15, 0.2) is 0 Å². The number of amides is 1. The molecule has 8 heteroatoms. The van der Waals surface area contributed by atoms with Crippen LogP contribution >= 0.6 is 11.8 Å². The van der Waals surface area contributed by atoms with Gasteiger partial charge in [-0.1, -0.05) is 29.3 Å². The van der Waals surface area contributed by atoms with Gasteiger partial charge in [0.1, 0.15) is 6.04 Å². The molecule has 0 saturated carbocycles. The lowest BCUT2D eigenvalue weighted by atomic mass is 9.95. The number of carbonyl (C=O) groups is 2. The Morgan fingerprint density at radius 3 is 2.36 bits per heavy atom. The van der Waals surface area contributed by atoms with Crippen LogP contribution in [0.3, 0.4) is 0 Å². The Balaban J connectivity index is 2.49. The van der Waals surface area contributed by atoms with Crippen LogP contribution in [0.1, 0.15) is 27.9 Å². The van der Waals surface area contributed by atoms with E-state index in [2.05, 4.69) is 5.32 Å². The molecule has 0 heterocycles. The average Bonchev–Trinajstić information content (AvgIpc) is 2.63. The number of nitro benzene ring substituents is 1. The highest BCUT2D eigenvalue weighted by Gasteiger charge is 2.23. The monoisotopic (exact) mass is 402 g/mol. The number of nitrogens with one attached hydrogen (secondary N) is 1. The number of hydrogen-bond acceptors (Lipinski definition) is 5. The molecule has 0 bridgehead atoms. The number of carboxylic acids is 1. The largest absolute Gasteiger partial charge is 0.480 e. The number of carbonyl (C=O) groups excluding carboxylic acids is 1. The Hall–Kier alpha value is -2.87. The second-order valence-corrected chi connectivity index (χ2v) is 7.49. The average molecular weight is 402 g/mol. The fraction of sp³-hybridized carbons (Fsp3) is 0.300. The van der Waals surface area contributed by atoms with Crippen LogP contribution in [0.25, 0.3) is 11.1 Å². The van der Waals surface area contributed by atoms with E-state index < -0.39 is 22.8 Å². The van der Waals surface area contributed by atoms with Crippen molar-refractivity contribution >= 4 is 29.3 Å². The first-order chi connectivity index (χ1) is 13.2. The number of nitrogens with zero attached hydrogens (tertiary/aromatic N) is 1. The fourth-order valence-corrected chi connectivity index (χ4v) is 3.41. The van der Waals surface area contributed by atoms with Crippen LogP contribution in [0.4, 0.5) is 5.69 Å². The lowest BCUT2D eigenvalue weighted by molar-refractivity contribution is -0.384. The molecule has 2 aromatic rings. The van der Waals surface area contributed by atoms with E-state index in [1.54, 1.807) is 0 Å². The van der Waals surface area contributed by atoms with Gasteiger partial charge in [-0.15, -0.1) is 0 Å². The van der Waals surface area contributed by atoms with Crippen LogP contribution in [-0.2, 0) is 4.79 Å². The molecule has 0 unspecified atom stereocenters. The van der Waals surface area contributed by atoms with Crippen LogP contribution in [0.5, 0.6) is 0 Å². The number of nitro groups is 1. The van der Waals surface area contributed by atoms with E-state index in [0.717, 1.165) is 11.1 Å². The first-order valence-electron chi connectivity index (χ1n) is 8.62. The van der Waals surface area contributed by atoms with Gasteiger partial charge in [0.25, 0.3) is 11.6 Å². The van der Waals surface area contributed by atoms with Crippen LogP contribution in [0, 0.1) is 24.0 Å². The predicted octanol–water partition coefficient (Wildman–Crippen LogP) is 3.81. The summed E-state index contributed by atoms with van der Waals surface area (Å²) in [6.45, 7) is 3.80. The molecule has 0 spiro atoms. The molecule has 2 aromatic carbocycles. The number of rotatable bonds is 8. The molecule has 0 aliphatic heterocycles. The standard InChI is InChI=1S/C20H22N2O5S/c1-12-8-13(2)10-14(9-12)17-11-15(22(26)27)4-5-16(17)19(23)21-18(20(24)25)6-7-28-3/h4-5,8-11,18H,6-7H2,1-3H3,(H,21,23)(H,24,25)/t18-/m0/s1. The zero-order valence-corrected chi connectivity index (χ0v) is 16.7. The maximum absolute atomic E-state index is 12.8. The van der Waals surface area contributed by atoms with Gasteiger partial charge in [-0.3, -0.25) is 14.9 Å². The molecule has 0 fully saturated rings. The molecule has 0 aliphatic carbocycles. The van der Waals surface area contributed by atoms with Gasteiger partial charge in [0.05, 0.1) is 4.92 Å². The van der Waals surface area contributed by atoms with Gasteiger partial charge < -0.3 is 10.4 Å². The number of aliphatic carboxylic acids is 1. The number of carboxylic acid groups (broad SMARTS) is 1. The van der Waals surface area contributed by atoms with Gasteiger partial charge in [0, 0.05) is 23.3 Å². The number of thioether (sulfide) groups is 1. The van der Waals surface area contributed by atoms with E-state index in [-0.39, 0.29) is 17.7 Å². The van der Waals surface area contributed by atoms with E-state index in [0.29, 0.717) is 16.9 Å². The third kappa shape index (κ3) is 5.32. The molecule has 0 saturated heterocycles. The third-order valence-electron chi connectivity index (χ3n) is 4.21. The molecular formula is C20H22N2O5S. The van der Waals surface area contributed by atoms with E-state index in [4.69, 9.17) is 0 Å². The maximum Gasteiger partial charge on any atom is 0.326 e. The zero-order chi connectivity index (χ0) is 20.8. The van der Waals surface area contributed by atoms with E-state index in [1.165, 1.54) is 30.0 Å². The van der Waals surface area contributed by atoms with Crippen molar-refractivity contribution in [3.63, 3.8) is 0 Å². The predicted molar refractivity (Wildman–Crippen MR) is 110 cm³/mol. The highest BCUT2D eigenvalue weighted by atomic mass is 32.2. The highest BCUT2D eigenvalue weighted by molar-refractivity contribution is 7.98. The summed E-state index contributed by atoms with van der Waals surface area (Å²) in [6, 6.07) is 8.58. The van der Waals surface area contributed by atoms with Crippen molar-refractivity contribution in [1.82, 2.24) is 5.32 Å². The number of hydrogen-bond donors (Lipinski definition) is 2. The van der Waals surface area contributed by atoms with Crippen molar-refractivity contribution in [3.05, 3.63) is 63.2 Å². The minimum atomic E-state index is -1.11. The molecule has 28 heavy (non-hydrogen) atoms. The molecule has 0 aliphatic rings. The quantitative estimate of drug-likeness (QED) is 0.513. The Bertz CT molecular complexity index is 893. The van der Waals surface area contributed by atoms with Crippen molar-refractivity contribution < 1.29 is 19.6 Å². The molecular weight excluding hydrogens is 380 g/mol. The summed E-state index contributed by atoms with van der Waals surface area (Å²) in [4.78, 5) is 35.0. The molecule has 7 nitrogen and oxygen atoms in total. The van der Waals surface area contributed by atoms with Crippen LogP contribution < -0.4 is 5.32 Å². The van der Waals surface area contributed by atoms with Gasteiger partial charge in [-0.05, 0) is 43.9 Å². The van der Waals surface area contributed by atoms with Crippen LogP contribution in [0.15, 0.2) is 36.4 Å². The smallest absolute Gasteiger partial charge is 0.326 e. The molecule has 1 atom stereocenters. The second kappa shape index (κ2) is 9.36. The van der Waals surface area contributed by atoms with Crippen molar-refractivity contribution in [2.75, 3.05) is 12.0 Å².